The molecule has 2 aromatic carbocycles. The van der Waals surface area contributed by atoms with Gasteiger partial charge in [0.2, 0.25) is 0 Å². The number of hydrogen-bond acceptors (Lipinski definition) is 4. The number of nitrogen functional groups attached to an aromatic ring is 1. The van der Waals surface area contributed by atoms with Gasteiger partial charge in [-0.2, -0.15) is 0 Å². The summed E-state index contributed by atoms with van der Waals surface area (Å²) in [5.41, 5.74) is 8.16. The van der Waals surface area contributed by atoms with Crippen LogP contribution in [-0.4, -0.2) is 12.8 Å². The smallest absolute Gasteiger partial charge is 0.312 e. The molecule has 0 saturated heterocycles. The predicted molar refractivity (Wildman–Crippen MR) is 76.7 cm³/mol. The third kappa shape index (κ3) is 4.40. The van der Waals surface area contributed by atoms with E-state index in [2.05, 4.69) is 0 Å². The fourth-order valence-corrected chi connectivity index (χ4v) is 1.74. The molecule has 4 heteroatoms. The monoisotopic (exact) mass is 271 g/mol. The van der Waals surface area contributed by atoms with Crippen LogP contribution in [0.5, 0.6) is 0 Å². The zero-order valence-corrected chi connectivity index (χ0v) is 11.1. The van der Waals surface area contributed by atoms with Gasteiger partial charge in [0.05, 0.1) is 13.0 Å². The molecule has 0 unspecified atom stereocenters. The van der Waals surface area contributed by atoms with Gasteiger partial charge in [-0.3, -0.25) is 4.79 Å². The summed E-state index contributed by atoms with van der Waals surface area (Å²) < 4.78 is 10.3. The van der Waals surface area contributed by atoms with Crippen molar-refractivity contribution in [3.63, 3.8) is 0 Å². The summed E-state index contributed by atoms with van der Waals surface area (Å²) in [7, 11) is 0. The summed E-state index contributed by atoms with van der Waals surface area (Å²) in [4.78, 5) is 11.6. The van der Waals surface area contributed by atoms with E-state index < -0.39 is 0 Å². The lowest BCUT2D eigenvalue weighted by Gasteiger charge is -2.07. The summed E-state index contributed by atoms with van der Waals surface area (Å²) in [5, 5.41) is 0. The van der Waals surface area contributed by atoms with E-state index in [1.165, 1.54) is 0 Å². The number of carbonyl (C=O) groups excluding carboxylic acids is 1. The van der Waals surface area contributed by atoms with Crippen molar-refractivity contribution in [2.75, 3.05) is 12.5 Å². The number of anilines is 1. The molecule has 0 aromatic heterocycles. The lowest BCUT2D eigenvalue weighted by atomic mass is 10.1. The second kappa shape index (κ2) is 7.31. The molecule has 20 heavy (non-hydrogen) atoms. The van der Waals surface area contributed by atoms with Gasteiger partial charge in [0, 0.05) is 5.69 Å². The van der Waals surface area contributed by atoms with E-state index in [1.54, 1.807) is 12.1 Å². The minimum atomic E-state index is -0.351. The van der Waals surface area contributed by atoms with Crippen molar-refractivity contribution in [1.82, 2.24) is 0 Å². The molecule has 0 aliphatic carbocycles. The number of rotatable bonds is 6. The Morgan fingerprint density at radius 1 is 1.00 bits per heavy atom. The van der Waals surface area contributed by atoms with Gasteiger partial charge in [0.15, 0.2) is 6.79 Å². The van der Waals surface area contributed by atoms with Crippen LogP contribution < -0.4 is 5.73 Å². The number of ether oxygens (including phenoxy) is 2. The molecule has 0 heterocycles. The lowest BCUT2D eigenvalue weighted by Crippen LogP contribution is -2.12. The van der Waals surface area contributed by atoms with Crippen molar-refractivity contribution in [2.24, 2.45) is 0 Å². The summed E-state index contributed by atoms with van der Waals surface area (Å²) >= 11 is 0. The predicted octanol–water partition coefficient (Wildman–Crippen LogP) is 2.53. The maximum Gasteiger partial charge on any atom is 0.312 e. The molecule has 2 aromatic rings. The van der Waals surface area contributed by atoms with Gasteiger partial charge in [-0.15, -0.1) is 0 Å². The highest BCUT2D eigenvalue weighted by molar-refractivity contribution is 5.74. The largest absolute Gasteiger partial charge is 0.438 e. The molecule has 104 valence electrons. The van der Waals surface area contributed by atoms with Crippen LogP contribution in [0, 0.1) is 0 Å². The molecule has 0 fully saturated rings. The first-order valence-corrected chi connectivity index (χ1v) is 6.36. The first kappa shape index (κ1) is 14.1. The second-order valence-electron chi connectivity index (χ2n) is 4.34. The first-order valence-electron chi connectivity index (χ1n) is 6.36. The van der Waals surface area contributed by atoms with Gasteiger partial charge in [-0.05, 0) is 17.2 Å². The Labute approximate surface area is 118 Å². The Balaban J connectivity index is 1.69. The number of hydrogen-bond donors (Lipinski definition) is 1. The molecule has 0 bridgehead atoms. The average molecular weight is 271 g/mol. The zero-order valence-electron chi connectivity index (χ0n) is 11.1. The van der Waals surface area contributed by atoms with Crippen LogP contribution >= 0.6 is 0 Å². The van der Waals surface area contributed by atoms with Gasteiger partial charge in [0.25, 0.3) is 0 Å². The molecule has 0 aliphatic heterocycles. The molecule has 2 rings (SSSR count). The topological polar surface area (TPSA) is 61.6 Å². The Morgan fingerprint density at radius 3 is 2.45 bits per heavy atom. The Morgan fingerprint density at radius 2 is 1.70 bits per heavy atom. The zero-order chi connectivity index (χ0) is 14.2. The van der Waals surface area contributed by atoms with E-state index in [0.29, 0.717) is 12.3 Å². The highest BCUT2D eigenvalue weighted by atomic mass is 16.7. The van der Waals surface area contributed by atoms with Crippen molar-refractivity contribution in [3.05, 3.63) is 65.7 Å². The number of esters is 1. The van der Waals surface area contributed by atoms with E-state index in [-0.39, 0.29) is 19.2 Å². The van der Waals surface area contributed by atoms with Gasteiger partial charge in [-0.25, -0.2) is 0 Å². The van der Waals surface area contributed by atoms with E-state index in [4.69, 9.17) is 15.2 Å². The van der Waals surface area contributed by atoms with Crippen LogP contribution in [0.2, 0.25) is 0 Å². The number of para-hydroxylation sites is 1. The van der Waals surface area contributed by atoms with Crippen LogP contribution in [0.25, 0.3) is 0 Å². The van der Waals surface area contributed by atoms with Crippen LogP contribution in [0.3, 0.4) is 0 Å². The number of nitrogens with two attached hydrogens (primary N) is 1. The molecule has 2 N–H and O–H groups in total. The average Bonchev–Trinajstić information content (AvgIpc) is 2.47. The Bertz CT molecular complexity index is 555. The lowest BCUT2D eigenvalue weighted by molar-refractivity contribution is -0.156. The van der Waals surface area contributed by atoms with Crippen LogP contribution in [0.4, 0.5) is 5.69 Å². The SMILES string of the molecule is Nc1ccccc1CC(=O)OCOCc1ccccc1. The molecule has 0 aliphatic rings. The molecule has 0 amide bonds. The third-order valence-electron chi connectivity index (χ3n) is 2.80. The maximum absolute atomic E-state index is 11.6. The fourth-order valence-electron chi connectivity index (χ4n) is 1.74. The molecule has 0 spiro atoms. The Kier molecular flexibility index (Phi) is 5.15. The molecular formula is C16H17NO3. The molecule has 0 atom stereocenters. The van der Waals surface area contributed by atoms with E-state index in [1.807, 2.05) is 42.5 Å². The van der Waals surface area contributed by atoms with Crippen molar-refractivity contribution in [1.29, 1.82) is 0 Å². The van der Waals surface area contributed by atoms with Crippen LogP contribution in [0.1, 0.15) is 11.1 Å². The van der Waals surface area contributed by atoms with Crippen molar-refractivity contribution in [3.8, 4) is 0 Å². The first-order chi connectivity index (χ1) is 9.75. The highest BCUT2D eigenvalue weighted by Crippen LogP contribution is 2.11. The van der Waals surface area contributed by atoms with Crippen molar-refractivity contribution in [2.45, 2.75) is 13.0 Å². The van der Waals surface area contributed by atoms with Gasteiger partial charge in [0.1, 0.15) is 0 Å². The summed E-state index contributed by atoms with van der Waals surface area (Å²) in [6, 6.07) is 16.9. The maximum atomic E-state index is 11.6. The summed E-state index contributed by atoms with van der Waals surface area (Å²) in [6.07, 6.45) is 0.154. The van der Waals surface area contributed by atoms with Gasteiger partial charge < -0.3 is 15.2 Å². The summed E-state index contributed by atoms with van der Waals surface area (Å²) in [5.74, 6) is -0.351. The number of benzene rings is 2. The van der Waals surface area contributed by atoms with E-state index >= 15 is 0 Å². The summed E-state index contributed by atoms with van der Waals surface area (Å²) in [6.45, 7) is 0.363. The van der Waals surface area contributed by atoms with Crippen molar-refractivity contribution >= 4 is 11.7 Å². The highest BCUT2D eigenvalue weighted by Gasteiger charge is 2.07. The Hall–Kier alpha value is -2.33. The minimum absolute atomic E-state index is 0.0551. The normalized spacial score (nSPS) is 10.2. The van der Waals surface area contributed by atoms with Crippen LogP contribution in [0.15, 0.2) is 54.6 Å². The quantitative estimate of drug-likeness (QED) is 0.379. The fraction of sp³-hybridized carbons (Fsp3) is 0.188. The van der Waals surface area contributed by atoms with Crippen LogP contribution in [-0.2, 0) is 27.3 Å². The second-order valence-corrected chi connectivity index (χ2v) is 4.34. The third-order valence-corrected chi connectivity index (χ3v) is 2.80. The van der Waals surface area contributed by atoms with Gasteiger partial charge in [-0.1, -0.05) is 48.5 Å². The van der Waals surface area contributed by atoms with E-state index in [0.717, 1.165) is 11.1 Å². The van der Waals surface area contributed by atoms with Crippen molar-refractivity contribution < 1.29 is 14.3 Å². The molecular weight excluding hydrogens is 254 g/mol. The van der Waals surface area contributed by atoms with Gasteiger partial charge >= 0.3 is 5.97 Å². The number of carbonyl (C=O) groups is 1. The molecule has 4 nitrogen and oxygen atoms in total. The minimum Gasteiger partial charge on any atom is -0.438 e. The molecule has 0 radical (unpaired) electrons. The standard InChI is InChI=1S/C16H17NO3/c17-15-9-5-4-8-14(15)10-16(18)20-12-19-11-13-6-2-1-3-7-13/h1-9H,10-12,17H2. The molecule has 0 saturated carbocycles. The van der Waals surface area contributed by atoms with E-state index in [9.17, 15) is 4.79 Å².